The second kappa shape index (κ2) is 2.79. The summed E-state index contributed by atoms with van der Waals surface area (Å²) in [4.78, 5) is 11.0. The lowest BCUT2D eigenvalue weighted by Crippen LogP contribution is -2.50. The summed E-state index contributed by atoms with van der Waals surface area (Å²) in [5, 5.41) is 5.83. The molecule has 1 atom stereocenters. The number of amides is 1. The zero-order valence-corrected chi connectivity index (χ0v) is 6.30. The van der Waals surface area contributed by atoms with E-state index >= 15 is 0 Å². The molecule has 2 rings (SSSR count). The predicted octanol–water partition coefficient (Wildman–Crippen LogP) is -1.14. The second-order valence-corrected chi connectivity index (χ2v) is 2.98. The average Bonchev–Trinajstić information content (AvgIpc) is 2.27. The summed E-state index contributed by atoms with van der Waals surface area (Å²) in [5.41, 5.74) is 0. The van der Waals surface area contributed by atoms with Crippen molar-refractivity contribution in [2.75, 3.05) is 19.6 Å². The van der Waals surface area contributed by atoms with Crippen LogP contribution in [0.3, 0.4) is 0 Å². The molecule has 0 aromatic carbocycles. The van der Waals surface area contributed by atoms with Crippen LogP contribution in [0, 0.1) is 0 Å². The van der Waals surface area contributed by atoms with Crippen molar-refractivity contribution in [3.05, 3.63) is 0 Å². The first-order chi connectivity index (χ1) is 5.36. The van der Waals surface area contributed by atoms with Crippen molar-refractivity contribution in [3.63, 3.8) is 0 Å². The zero-order valence-electron chi connectivity index (χ0n) is 6.30. The number of carbonyl (C=O) groups is 1. The third-order valence-corrected chi connectivity index (χ3v) is 2.10. The lowest BCUT2D eigenvalue weighted by Gasteiger charge is -2.28. The molecular formula is C7H12N2O2. The van der Waals surface area contributed by atoms with E-state index in [1.807, 2.05) is 0 Å². The number of rotatable bonds is 2. The van der Waals surface area contributed by atoms with Crippen LogP contribution in [-0.2, 0) is 9.53 Å². The first kappa shape index (κ1) is 7.06. The molecule has 2 aliphatic heterocycles. The van der Waals surface area contributed by atoms with Gasteiger partial charge in [0.15, 0.2) is 0 Å². The molecule has 2 fully saturated rings. The zero-order chi connectivity index (χ0) is 7.68. The van der Waals surface area contributed by atoms with E-state index in [2.05, 4.69) is 10.6 Å². The van der Waals surface area contributed by atoms with Gasteiger partial charge in [0.05, 0.1) is 6.10 Å². The Morgan fingerprint density at radius 3 is 2.73 bits per heavy atom. The molecule has 2 aliphatic rings. The van der Waals surface area contributed by atoms with E-state index in [1.54, 1.807) is 0 Å². The predicted molar refractivity (Wildman–Crippen MR) is 39.2 cm³/mol. The van der Waals surface area contributed by atoms with Crippen LogP contribution in [0.1, 0.15) is 6.42 Å². The quantitative estimate of drug-likeness (QED) is 0.531. The van der Waals surface area contributed by atoms with Gasteiger partial charge in [-0.15, -0.1) is 0 Å². The summed E-state index contributed by atoms with van der Waals surface area (Å²) in [6.07, 6.45) is 0.918. The Bertz CT molecular complexity index is 168. The van der Waals surface area contributed by atoms with Crippen LogP contribution in [-0.4, -0.2) is 37.7 Å². The maximum absolute atomic E-state index is 11.0. The minimum atomic E-state index is -0.179. The van der Waals surface area contributed by atoms with E-state index in [0.717, 1.165) is 26.1 Å². The fourth-order valence-corrected chi connectivity index (χ4v) is 1.29. The number of hydrogen-bond donors (Lipinski definition) is 2. The Morgan fingerprint density at radius 1 is 1.45 bits per heavy atom. The monoisotopic (exact) mass is 156 g/mol. The first-order valence-corrected chi connectivity index (χ1v) is 4.00. The summed E-state index contributed by atoms with van der Waals surface area (Å²) < 4.78 is 5.48. The molecule has 0 aromatic heterocycles. The summed E-state index contributed by atoms with van der Waals surface area (Å²) in [6.45, 7) is 2.55. The molecule has 0 radical (unpaired) electrons. The van der Waals surface area contributed by atoms with Crippen molar-refractivity contribution in [2.45, 2.75) is 18.6 Å². The molecule has 0 saturated carbocycles. The Kier molecular flexibility index (Phi) is 1.79. The third-order valence-electron chi connectivity index (χ3n) is 2.10. The largest absolute Gasteiger partial charge is 0.362 e. The van der Waals surface area contributed by atoms with Crippen LogP contribution in [0.15, 0.2) is 0 Å². The summed E-state index contributed by atoms with van der Waals surface area (Å²) in [6, 6.07) is 0. The third kappa shape index (κ3) is 1.36. The second-order valence-electron chi connectivity index (χ2n) is 2.98. The molecule has 0 aromatic rings. The lowest BCUT2D eigenvalue weighted by atomic mass is 10.2. The summed E-state index contributed by atoms with van der Waals surface area (Å²) >= 11 is 0. The van der Waals surface area contributed by atoms with Gasteiger partial charge in [0.1, 0.15) is 6.10 Å². The molecule has 62 valence electrons. The molecule has 2 heterocycles. The summed E-state index contributed by atoms with van der Waals surface area (Å²) in [7, 11) is 0. The van der Waals surface area contributed by atoms with Crippen molar-refractivity contribution in [1.82, 2.24) is 10.6 Å². The van der Waals surface area contributed by atoms with Crippen molar-refractivity contribution < 1.29 is 9.53 Å². The van der Waals surface area contributed by atoms with Crippen molar-refractivity contribution in [2.24, 2.45) is 0 Å². The van der Waals surface area contributed by atoms with E-state index in [9.17, 15) is 4.79 Å². The van der Waals surface area contributed by atoms with Gasteiger partial charge in [0, 0.05) is 19.6 Å². The fraction of sp³-hybridized carbons (Fsp3) is 0.857. The molecule has 0 spiro atoms. The molecule has 2 N–H and O–H groups in total. The van der Waals surface area contributed by atoms with Crippen molar-refractivity contribution in [3.8, 4) is 0 Å². The van der Waals surface area contributed by atoms with E-state index in [4.69, 9.17) is 4.74 Å². The maximum atomic E-state index is 11.0. The molecule has 4 heteroatoms. The molecule has 1 unspecified atom stereocenters. The van der Waals surface area contributed by atoms with Gasteiger partial charge >= 0.3 is 0 Å². The smallest absolute Gasteiger partial charge is 0.249 e. The van der Waals surface area contributed by atoms with Crippen LogP contribution in [0.2, 0.25) is 0 Å². The highest BCUT2D eigenvalue weighted by Gasteiger charge is 2.29. The normalized spacial score (nSPS) is 31.6. The first-order valence-electron chi connectivity index (χ1n) is 4.00. The van der Waals surface area contributed by atoms with Crippen LogP contribution < -0.4 is 10.6 Å². The van der Waals surface area contributed by atoms with Crippen LogP contribution in [0.25, 0.3) is 0 Å². The SMILES string of the molecule is O=C1NCCC1OC1CNC1. The topological polar surface area (TPSA) is 50.4 Å². The van der Waals surface area contributed by atoms with Crippen LogP contribution >= 0.6 is 0 Å². The molecule has 2 saturated heterocycles. The number of nitrogens with one attached hydrogen (secondary N) is 2. The average molecular weight is 156 g/mol. The van der Waals surface area contributed by atoms with Crippen molar-refractivity contribution in [1.29, 1.82) is 0 Å². The number of hydrogen-bond acceptors (Lipinski definition) is 3. The molecule has 0 bridgehead atoms. The van der Waals surface area contributed by atoms with Gasteiger partial charge in [0.25, 0.3) is 0 Å². The highest BCUT2D eigenvalue weighted by Crippen LogP contribution is 2.10. The van der Waals surface area contributed by atoms with Gasteiger partial charge in [-0.05, 0) is 6.42 Å². The standard InChI is InChI=1S/C7H12N2O2/c10-7-6(1-2-9-7)11-5-3-8-4-5/h5-6,8H,1-4H2,(H,9,10). The molecular weight excluding hydrogens is 144 g/mol. The molecule has 11 heavy (non-hydrogen) atoms. The Hall–Kier alpha value is -0.610. The molecule has 1 amide bonds. The Morgan fingerprint density at radius 2 is 2.27 bits per heavy atom. The Labute approximate surface area is 65.3 Å². The van der Waals surface area contributed by atoms with Crippen molar-refractivity contribution >= 4 is 5.91 Å². The Balaban J connectivity index is 1.80. The van der Waals surface area contributed by atoms with Crippen LogP contribution in [0.5, 0.6) is 0 Å². The lowest BCUT2D eigenvalue weighted by molar-refractivity contribution is -0.134. The minimum absolute atomic E-state index is 0.0527. The van der Waals surface area contributed by atoms with Gasteiger partial charge in [-0.25, -0.2) is 0 Å². The van der Waals surface area contributed by atoms with E-state index in [1.165, 1.54) is 0 Å². The highest BCUT2D eigenvalue weighted by atomic mass is 16.5. The molecule has 0 aliphatic carbocycles. The van der Waals surface area contributed by atoms with E-state index in [0.29, 0.717) is 0 Å². The number of carbonyl (C=O) groups excluding carboxylic acids is 1. The fourth-order valence-electron chi connectivity index (χ4n) is 1.29. The van der Waals surface area contributed by atoms with Gasteiger partial charge in [-0.3, -0.25) is 4.79 Å². The number of ether oxygens (including phenoxy) is 1. The van der Waals surface area contributed by atoms with Gasteiger partial charge < -0.3 is 15.4 Å². The minimum Gasteiger partial charge on any atom is -0.362 e. The van der Waals surface area contributed by atoms with E-state index < -0.39 is 0 Å². The van der Waals surface area contributed by atoms with Gasteiger partial charge in [-0.1, -0.05) is 0 Å². The van der Waals surface area contributed by atoms with Gasteiger partial charge in [-0.2, -0.15) is 0 Å². The highest BCUT2D eigenvalue weighted by molar-refractivity contribution is 5.82. The van der Waals surface area contributed by atoms with Crippen LogP contribution in [0.4, 0.5) is 0 Å². The maximum Gasteiger partial charge on any atom is 0.249 e. The van der Waals surface area contributed by atoms with E-state index in [-0.39, 0.29) is 18.1 Å². The summed E-state index contributed by atoms with van der Waals surface area (Å²) in [5.74, 6) is 0.0527. The molecule has 4 nitrogen and oxygen atoms in total. The van der Waals surface area contributed by atoms with Gasteiger partial charge in [0.2, 0.25) is 5.91 Å².